The standard InChI is InChI=1S/C23H22N4O2/c24-15-17-9-10-19-18(13-17)7-4-8-20(19)26-23(28)27-21(22-25-11-12-29-22)14-16-5-2-1-3-6-16/h1-3,5-6,9-13,20-21H,4,7-8,14H2,(H2,26,27,28). The predicted molar refractivity (Wildman–Crippen MR) is 108 cm³/mol. The average molecular weight is 386 g/mol. The van der Waals surface area contributed by atoms with Crippen molar-refractivity contribution >= 4 is 6.03 Å². The summed E-state index contributed by atoms with van der Waals surface area (Å²) in [5.41, 5.74) is 3.96. The van der Waals surface area contributed by atoms with Gasteiger partial charge in [0.25, 0.3) is 0 Å². The molecule has 4 rings (SSSR count). The molecule has 1 aliphatic carbocycles. The maximum Gasteiger partial charge on any atom is 0.315 e. The topological polar surface area (TPSA) is 91.0 Å². The van der Waals surface area contributed by atoms with Crippen LogP contribution in [0.4, 0.5) is 4.79 Å². The molecule has 2 unspecified atom stereocenters. The molecule has 2 N–H and O–H groups in total. The first-order valence-corrected chi connectivity index (χ1v) is 9.76. The van der Waals surface area contributed by atoms with Gasteiger partial charge in [-0.2, -0.15) is 5.26 Å². The number of rotatable bonds is 5. The first-order valence-electron chi connectivity index (χ1n) is 9.76. The van der Waals surface area contributed by atoms with E-state index in [1.54, 1.807) is 6.20 Å². The Kier molecular flexibility index (Phi) is 5.57. The van der Waals surface area contributed by atoms with Gasteiger partial charge in [0.1, 0.15) is 12.3 Å². The minimum absolute atomic E-state index is 0.0755. The molecule has 0 bridgehead atoms. The molecule has 0 radical (unpaired) electrons. The number of carbonyl (C=O) groups excluding carboxylic acids is 1. The molecular weight excluding hydrogens is 364 g/mol. The second-order valence-corrected chi connectivity index (χ2v) is 7.20. The zero-order valence-electron chi connectivity index (χ0n) is 16.0. The van der Waals surface area contributed by atoms with Crippen molar-refractivity contribution in [2.75, 3.05) is 0 Å². The van der Waals surface area contributed by atoms with E-state index in [1.165, 1.54) is 6.26 Å². The Bertz CT molecular complexity index is 1010. The molecule has 6 nitrogen and oxygen atoms in total. The minimum atomic E-state index is -0.364. The number of urea groups is 1. The normalized spacial score (nSPS) is 16.3. The van der Waals surface area contributed by atoms with Gasteiger partial charge in [-0.1, -0.05) is 36.4 Å². The fourth-order valence-corrected chi connectivity index (χ4v) is 3.85. The van der Waals surface area contributed by atoms with Crippen molar-refractivity contribution in [2.24, 2.45) is 0 Å². The van der Waals surface area contributed by atoms with E-state index in [-0.39, 0.29) is 18.1 Å². The van der Waals surface area contributed by atoms with E-state index < -0.39 is 0 Å². The third kappa shape index (κ3) is 4.46. The number of hydrogen-bond donors (Lipinski definition) is 2. The van der Waals surface area contributed by atoms with Crippen LogP contribution < -0.4 is 10.6 Å². The maximum atomic E-state index is 12.8. The molecule has 2 amide bonds. The monoisotopic (exact) mass is 386 g/mol. The van der Waals surface area contributed by atoms with Crippen LogP contribution >= 0.6 is 0 Å². The van der Waals surface area contributed by atoms with Crippen LogP contribution in [0.2, 0.25) is 0 Å². The number of aromatic nitrogens is 1. The van der Waals surface area contributed by atoms with Gasteiger partial charge < -0.3 is 15.1 Å². The van der Waals surface area contributed by atoms with Crippen LogP contribution in [0.1, 0.15) is 53.1 Å². The summed E-state index contributed by atoms with van der Waals surface area (Å²) in [5, 5.41) is 15.2. The maximum absolute atomic E-state index is 12.8. The van der Waals surface area contributed by atoms with Crippen molar-refractivity contribution in [3.8, 4) is 6.07 Å². The number of benzene rings is 2. The molecule has 2 atom stereocenters. The van der Waals surface area contributed by atoms with Crippen LogP contribution in [0.3, 0.4) is 0 Å². The van der Waals surface area contributed by atoms with Crippen molar-refractivity contribution in [1.29, 1.82) is 5.26 Å². The van der Waals surface area contributed by atoms with Gasteiger partial charge in [0, 0.05) is 6.42 Å². The Labute approximate surface area is 169 Å². The highest BCUT2D eigenvalue weighted by molar-refractivity contribution is 5.75. The lowest BCUT2D eigenvalue weighted by molar-refractivity contribution is 0.229. The molecule has 29 heavy (non-hydrogen) atoms. The first-order chi connectivity index (χ1) is 14.2. The van der Waals surface area contributed by atoms with Crippen molar-refractivity contribution in [3.05, 3.63) is 89.1 Å². The zero-order valence-corrected chi connectivity index (χ0v) is 16.0. The number of carbonyl (C=O) groups is 1. The number of nitrogens with zero attached hydrogens (tertiary/aromatic N) is 2. The number of amides is 2. The summed E-state index contributed by atoms with van der Waals surface area (Å²) in [6.45, 7) is 0. The molecule has 3 aromatic rings. The van der Waals surface area contributed by atoms with E-state index in [0.29, 0.717) is 17.9 Å². The van der Waals surface area contributed by atoms with Crippen LogP contribution in [0.25, 0.3) is 0 Å². The molecule has 1 aromatic heterocycles. The number of fused-ring (bicyclic) bond motifs is 1. The van der Waals surface area contributed by atoms with Gasteiger partial charge in [0.05, 0.1) is 23.9 Å². The molecule has 1 aliphatic rings. The van der Waals surface area contributed by atoms with Crippen LogP contribution in [-0.4, -0.2) is 11.0 Å². The second-order valence-electron chi connectivity index (χ2n) is 7.20. The summed E-state index contributed by atoms with van der Waals surface area (Å²) in [6, 6.07) is 17.1. The Balaban J connectivity index is 1.47. The second kappa shape index (κ2) is 8.61. The summed E-state index contributed by atoms with van der Waals surface area (Å²) in [5.74, 6) is 0.478. The number of nitrogens with one attached hydrogen (secondary N) is 2. The summed E-state index contributed by atoms with van der Waals surface area (Å²) < 4.78 is 5.46. The lowest BCUT2D eigenvalue weighted by atomic mass is 9.87. The molecule has 0 saturated carbocycles. The summed E-state index contributed by atoms with van der Waals surface area (Å²) in [6.07, 6.45) is 6.45. The third-order valence-corrected chi connectivity index (χ3v) is 5.23. The van der Waals surface area contributed by atoms with E-state index in [4.69, 9.17) is 9.68 Å². The molecule has 0 saturated heterocycles. The molecule has 2 aromatic carbocycles. The molecule has 1 heterocycles. The van der Waals surface area contributed by atoms with Crippen molar-refractivity contribution in [1.82, 2.24) is 15.6 Å². The van der Waals surface area contributed by atoms with Gasteiger partial charge in [-0.15, -0.1) is 0 Å². The Morgan fingerprint density at radius 3 is 2.90 bits per heavy atom. The fraction of sp³-hybridized carbons (Fsp3) is 0.261. The van der Waals surface area contributed by atoms with Crippen molar-refractivity contribution in [3.63, 3.8) is 0 Å². The predicted octanol–water partition coefficient (Wildman–Crippen LogP) is 4.21. The van der Waals surface area contributed by atoms with Crippen LogP contribution in [0, 0.1) is 11.3 Å². The molecular formula is C23H22N4O2. The van der Waals surface area contributed by atoms with Gasteiger partial charge in [0.15, 0.2) is 0 Å². The summed E-state index contributed by atoms with van der Waals surface area (Å²) in [7, 11) is 0. The number of hydrogen-bond acceptors (Lipinski definition) is 4. The smallest absolute Gasteiger partial charge is 0.315 e. The number of nitriles is 1. The average Bonchev–Trinajstić information content (AvgIpc) is 3.29. The van der Waals surface area contributed by atoms with Crippen LogP contribution in [0.15, 0.2) is 65.4 Å². The fourth-order valence-electron chi connectivity index (χ4n) is 3.85. The van der Waals surface area contributed by atoms with E-state index in [1.807, 2.05) is 48.5 Å². The highest BCUT2D eigenvalue weighted by atomic mass is 16.3. The highest BCUT2D eigenvalue weighted by Gasteiger charge is 2.25. The number of oxazole rings is 1. The van der Waals surface area contributed by atoms with Gasteiger partial charge >= 0.3 is 6.03 Å². The molecule has 6 heteroatoms. The SMILES string of the molecule is N#Cc1ccc2c(c1)CCCC2NC(=O)NC(Cc1ccccc1)c1ncco1. The van der Waals surface area contributed by atoms with Gasteiger partial charge in [-0.25, -0.2) is 9.78 Å². The van der Waals surface area contributed by atoms with Crippen LogP contribution in [-0.2, 0) is 12.8 Å². The third-order valence-electron chi connectivity index (χ3n) is 5.23. The van der Waals surface area contributed by atoms with Gasteiger partial charge in [0.2, 0.25) is 5.89 Å². The Hall–Kier alpha value is -3.59. The first kappa shape index (κ1) is 18.8. The summed E-state index contributed by atoms with van der Waals surface area (Å²) >= 11 is 0. The quantitative estimate of drug-likeness (QED) is 0.687. The number of aryl methyl sites for hydroxylation is 1. The minimum Gasteiger partial charge on any atom is -0.447 e. The van der Waals surface area contributed by atoms with E-state index in [9.17, 15) is 4.79 Å². The molecule has 0 fully saturated rings. The Morgan fingerprint density at radius 2 is 2.14 bits per heavy atom. The zero-order chi connectivity index (χ0) is 20.1. The largest absolute Gasteiger partial charge is 0.447 e. The Morgan fingerprint density at radius 1 is 1.28 bits per heavy atom. The van der Waals surface area contributed by atoms with Gasteiger partial charge in [-0.05, 0) is 48.1 Å². The molecule has 0 spiro atoms. The van der Waals surface area contributed by atoms with Crippen LogP contribution in [0.5, 0.6) is 0 Å². The van der Waals surface area contributed by atoms with Gasteiger partial charge in [-0.3, -0.25) is 0 Å². The lowest BCUT2D eigenvalue weighted by Gasteiger charge is -2.27. The molecule has 146 valence electrons. The molecule has 0 aliphatic heterocycles. The lowest BCUT2D eigenvalue weighted by Crippen LogP contribution is -2.41. The summed E-state index contributed by atoms with van der Waals surface area (Å²) in [4.78, 5) is 17.0. The van der Waals surface area contributed by atoms with E-state index in [2.05, 4.69) is 21.7 Å². The van der Waals surface area contributed by atoms with E-state index >= 15 is 0 Å². The van der Waals surface area contributed by atoms with E-state index in [0.717, 1.165) is 36.0 Å². The van der Waals surface area contributed by atoms with Crippen molar-refractivity contribution in [2.45, 2.75) is 37.8 Å². The van der Waals surface area contributed by atoms with Crippen molar-refractivity contribution < 1.29 is 9.21 Å². The highest BCUT2D eigenvalue weighted by Crippen LogP contribution is 2.30.